The lowest BCUT2D eigenvalue weighted by atomic mass is 9.96. The maximum atomic E-state index is 5.83. The molecule has 0 aliphatic carbocycles. The molecule has 0 spiro atoms. The van der Waals surface area contributed by atoms with Gasteiger partial charge in [0.15, 0.2) is 5.82 Å². The van der Waals surface area contributed by atoms with Gasteiger partial charge in [0.2, 0.25) is 0 Å². The Hall–Kier alpha value is -1.95. The second-order valence-electron chi connectivity index (χ2n) is 5.35. The molecule has 1 saturated heterocycles. The number of aromatic nitrogens is 4. The minimum absolute atomic E-state index is 0.649. The van der Waals surface area contributed by atoms with Crippen molar-refractivity contribution in [1.82, 2.24) is 25.5 Å². The summed E-state index contributed by atoms with van der Waals surface area (Å²) in [7, 11) is 0. The molecular weight excluding hydrogens is 252 g/mol. The highest BCUT2D eigenvalue weighted by atomic mass is 15.5. The molecule has 3 N–H and O–H groups in total. The fourth-order valence-electron chi connectivity index (χ4n) is 2.74. The molecule has 0 radical (unpaired) electrons. The van der Waals surface area contributed by atoms with Gasteiger partial charge >= 0.3 is 0 Å². The van der Waals surface area contributed by atoms with Crippen LogP contribution in [0.3, 0.4) is 0 Å². The molecule has 20 heavy (non-hydrogen) atoms. The number of rotatable bonds is 3. The smallest absolute Gasteiger partial charge is 0.156 e. The van der Waals surface area contributed by atoms with E-state index in [0.717, 1.165) is 36.7 Å². The molecule has 1 aliphatic rings. The van der Waals surface area contributed by atoms with Crippen LogP contribution in [0.5, 0.6) is 0 Å². The first-order chi connectivity index (χ1) is 9.83. The standard InChI is InChI=1S/C14H20N6/c15-12-4-1-5-13(10-12)20-14(17-18-19-20)9-11-3-2-7-16-8-6-11/h1,4-5,10-11,16H,2-3,6-9,15H2. The van der Waals surface area contributed by atoms with E-state index in [1.807, 2.05) is 24.3 Å². The summed E-state index contributed by atoms with van der Waals surface area (Å²) in [5, 5.41) is 15.5. The van der Waals surface area contributed by atoms with Gasteiger partial charge < -0.3 is 11.1 Å². The van der Waals surface area contributed by atoms with Crippen LogP contribution in [0, 0.1) is 5.92 Å². The number of nitrogen functional groups attached to an aromatic ring is 1. The van der Waals surface area contributed by atoms with Crippen molar-refractivity contribution in [2.75, 3.05) is 18.8 Å². The molecule has 1 unspecified atom stereocenters. The largest absolute Gasteiger partial charge is 0.399 e. The maximum absolute atomic E-state index is 5.83. The van der Waals surface area contributed by atoms with E-state index in [-0.39, 0.29) is 0 Å². The van der Waals surface area contributed by atoms with Gasteiger partial charge in [0.25, 0.3) is 0 Å². The van der Waals surface area contributed by atoms with Crippen LogP contribution in [-0.4, -0.2) is 33.3 Å². The van der Waals surface area contributed by atoms with Gasteiger partial charge in [-0.15, -0.1) is 5.10 Å². The van der Waals surface area contributed by atoms with Gasteiger partial charge in [0.1, 0.15) is 0 Å². The topological polar surface area (TPSA) is 81.7 Å². The molecule has 6 heteroatoms. The van der Waals surface area contributed by atoms with E-state index >= 15 is 0 Å². The summed E-state index contributed by atoms with van der Waals surface area (Å²) in [5.41, 5.74) is 7.48. The van der Waals surface area contributed by atoms with Gasteiger partial charge in [-0.1, -0.05) is 6.07 Å². The van der Waals surface area contributed by atoms with Crippen LogP contribution in [0.4, 0.5) is 5.69 Å². The maximum Gasteiger partial charge on any atom is 0.156 e. The van der Waals surface area contributed by atoms with Gasteiger partial charge in [-0.25, -0.2) is 0 Å². The molecule has 0 saturated carbocycles. The molecule has 3 rings (SSSR count). The third kappa shape index (κ3) is 2.96. The third-order valence-electron chi connectivity index (χ3n) is 3.82. The van der Waals surface area contributed by atoms with Crippen LogP contribution in [-0.2, 0) is 6.42 Å². The summed E-state index contributed by atoms with van der Waals surface area (Å²) in [6.07, 6.45) is 4.56. The fraction of sp³-hybridized carbons (Fsp3) is 0.500. The van der Waals surface area contributed by atoms with Gasteiger partial charge in [-0.3, -0.25) is 0 Å². The number of nitrogens with zero attached hydrogens (tertiary/aromatic N) is 4. The first-order valence-corrected chi connectivity index (χ1v) is 7.17. The molecule has 106 valence electrons. The van der Waals surface area contributed by atoms with Crippen molar-refractivity contribution in [2.24, 2.45) is 5.92 Å². The zero-order valence-corrected chi connectivity index (χ0v) is 11.5. The van der Waals surface area contributed by atoms with Crippen LogP contribution in [0.1, 0.15) is 25.1 Å². The number of benzene rings is 1. The molecule has 0 amide bonds. The highest BCUT2D eigenvalue weighted by molar-refractivity contribution is 5.47. The summed E-state index contributed by atoms with van der Waals surface area (Å²) >= 11 is 0. The summed E-state index contributed by atoms with van der Waals surface area (Å²) in [6, 6.07) is 7.66. The van der Waals surface area contributed by atoms with Crippen molar-refractivity contribution in [1.29, 1.82) is 0 Å². The normalized spacial score (nSPS) is 19.7. The van der Waals surface area contributed by atoms with E-state index in [9.17, 15) is 0 Å². The van der Waals surface area contributed by atoms with Crippen molar-refractivity contribution in [3.63, 3.8) is 0 Å². The summed E-state index contributed by atoms with van der Waals surface area (Å²) < 4.78 is 1.80. The van der Waals surface area contributed by atoms with Crippen LogP contribution in [0.25, 0.3) is 5.69 Å². The van der Waals surface area contributed by atoms with Crippen molar-refractivity contribution < 1.29 is 0 Å². The molecule has 1 fully saturated rings. The van der Waals surface area contributed by atoms with Crippen molar-refractivity contribution in [3.05, 3.63) is 30.1 Å². The minimum Gasteiger partial charge on any atom is -0.399 e. The molecule has 1 atom stereocenters. The highest BCUT2D eigenvalue weighted by Crippen LogP contribution is 2.20. The predicted octanol–water partition coefficient (Wildman–Crippen LogP) is 1.18. The van der Waals surface area contributed by atoms with Crippen molar-refractivity contribution >= 4 is 5.69 Å². The number of nitrogens with one attached hydrogen (secondary N) is 1. The lowest BCUT2D eigenvalue weighted by Crippen LogP contribution is -2.15. The van der Waals surface area contributed by atoms with E-state index in [0.29, 0.717) is 5.92 Å². The summed E-state index contributed by atoms with van der Waals surface area (Å²) in [4.78, 5) is 0. The summed E-state index contributed by atoms with van der Waals surface area (Å²) in [6.45, 7) is 2.21. The third-order valence-corrected chi connectivity index (χ3v) is 3.82. The average molecular weight is 272 g/mol. The zero-order chi connectivity index (χ0) is 13.8. The Balaban J connectivity index is 1.79. The molecule has 2 heterocycles. The molecule has 2 aromatic rings. The van der Waals surface area contributed by atoms with Crippen LogP contribution >= 0.6 is 0 Å². The predicted molar refractivity (Wildman–Crippen MR) is 77.5 cm³/mol. The van der Waals surface area contributed by atoms with E-state index < -0.39 is 0 Å². The number of hydrogen-bond acceptors (Lipinski definition) is 5. The van der Waals surface area contributed by atoms with E-state index in [4.69, 9.17) is 5.73 Å². The Morgan fingerprint density at radius 2 is 2.25 bits per heavy atom. The summed E-state index contributed by atoms with van der Waals surface area (Å²) in [5.74, 6) is 1.57. The molecule has 1 aromatic heterocycles. The number of tetrazole rings is 1. The number of hydrogen-bond donors (Lipinski definition) is 2. The van der Waals surface area contributed by atoms with Gasteiger partial charge in [0.05, 0.1) is 5.69 Å². The van der Waals surface area contributed by atoms with E-state index in [1.165, 1.54) is 19.3 Å². The molecular formula is C14H20N6. The molecule has 6 nitrogen and oxygen atoms in total. The Morgan fingerprint density at radius 1 is 1.30 bits per heavy atom. The van der Waals surface area contributed by atoms with Crippen LogP contribution in [0.15, 0.2) is 24.3 Å². The second kappa shape index (κ2) is 6.00. The fourth-order valence-corrected chi connectivity index (χ4v) is 2.74. The van der Waals surface area contributed by atoms with Crippen molar-refractivity contribution in [3.8, 4) is 5.69 Å². The van der Waals surface area contributed by atoms with Crippen LogP contribution < -0.4 is 11.1 Å². The van der Waals surface area contributed by atoms with Crippen LogP contribution in [0.2, 0.25) is 0 Å². The second-order valence-corrected chi connectivity index (χ2v) is 5.35. The molecule has 1 aliphatic heterocycles. The SMILES string of the molecule is Nc1cccc(-n2nnnc2CC2CCCNCC2)c1. The first-order valence-electron chi connectivity index (χ1n) is 7.17. The first kappa shape index (κ1) is 13.1. The Kier molecular flexibility index (Phi) is 3.92. The van der Waals surface area contributed by atoms with Gasteiger partial charge in [-0.05, 0) is 66.9 Å². The quantitative estimate of drug-likeness (QED) is 0.820. The number of anilines is 1. The Morgan fingerprint density at radius 3 is 3.15 bits per heavy atom. The molecule has 1 aromatic carbocycles. The molecule has 0 bridgehead atoms. The van der Waals surface area contributed by atoms with Gasteiger partial charge in [0, 0.05) is 12.1 Å². The number of nitrogens with two attached hydrogens (primary N) is 1. The van der Waals surface area contributed by atoms with E-state index in [2.05, 4.69) is 20.8 Å². The van der Waals surface area contributed by atoms with E-state index in [1.54, 1.807) is 4.68 Å². The lowest BCUT2D eigenvalue weighted by Gasteiger charge is -2.13. The Bertz CT molecular complexity index is 556. The average Bonchev–Trinajstić information content (AvgIpc) is 2.74. The Labute approximate surface area is 118 Å². The van der Waals surface area contributed by atoms with Crippen molar-refractivity contribution in [2.45, 2.75) is 25.7 Å². The van der Waals surface area contributed by atoms with Gasteiger partial charge in [-0.2, -0.15) is 4.68 Å². The highest BCUT2D eigenvalue weighted by Gasteiger charge is 2.17. The lowest BCUT2D eigenvalue weighted by molar-refractivity contribution is 0.454. The monoisotopic (exact) mass is 272 g/mol. The zero-order valence-electron chi connectivity index (χ0n) is 11.5. The minimum atomic E-state index is 0.649.